The van der Waals surface area contributed by atoms with Crippen LogP contribution in [0, 0.1) is 5.41 Å². The first-order chi connectivity index (χ1) is 10.1. The van der Waals surface area contributed by atoms with Crippen molar-refractivity contribution < 1.29 is 69.4 Å². The third-order valence-corrected chi connectivity index (χ3v) is 4.03. The Balaban J connectivity index is 0.00000264. The van der Waals surface area contributed by atoms with Gasteiger partial charge in [0, 0.05) is 6.20 Å². The molecule has 0 saturated carbocycles. The van der Waals surface area contributed by atoms with Gasteiger partial charge in [0.15, 0.2) is 6.23 Å². The fourth-order valence-electron chi connectivity index (χ4n) is 2.19. The van der Waals surface area contributed by atoms with Crippen LogP contribution in [-0.4, -0.2) is 65.2 Å². The van der Waals surface area contributed by atoms with Gasteiger partial charge in [-0.3, -0.25) is 5.41 Å². The number of aliphatic hydroxyl groups is 3. The molecular weight excluding hydrogens is 344 g/mol. The predicted octanol–water partition coefficient (Wildman–Crippen LogP) is -7.47. The molecule has 6 N–H and O–H groups in total. The van der Waals surface area contributed by atoms with Crippen molar-refractivity contribution in [2.45, 2.75) is 30.6 Å². The Morgan fingerprint density at radius 1 is 1.39 bits per heavy atom. The van der Waals surface area contributed by atoms with Crippen molar-refractivity contribution >= 4 is 7.94 Å². The van der Waals surface area contributed by atoms with E-state index in [9.17, 15) is 25.3 Å². The van der Waals surface area contributed by atoms with Gasteiger partial charge in [-0.15, -0.1) is 0 Å². The van der Waals surface area contributed by atoms with Crippen LogP contribution in [0.15, 0.2) is 12.3 Å². The molecule has 124 valence electrons. The van der Waals surface area contributed by atoms with Gasteiger partial charge in [-0.05, 0) is 6.07 Å². The second kappa shape index (κ2) is 7.81. The molecule has 0 radical (unpaired) electrons. The smallest absolute Gasteiger partial charge is 0.846 e. The van der Waals surface area contributed by atoms with E-state index in [1.165, 1.54) is 0 Å². The first-order valence-electron chi connectivity index (χ1n) is 6.15. The van der Waals surface area contributed by atoms with Crippen molar-refractivity contribution in [2.75, 3.05) is 6.16 Å². The number of rotatable bonds is 4. The summed E-state index contributed by atoms with van der Waals surface area (Å²) in [4.78, 5) is 31.8. The van der Waals surface area contributed by atoms with Crippen molar-refractivity contribution in [1.82, 2.24) is 9.55 Å². The molecule has 1 aromatic rings. The normalized spacial score (nSPS) is 29.1. The molecule has 11 nitrogen and oxygen atoms in total. The second-order valence-corrected chi connectivity index (χ2v) is 6.58. The van der Waals surface area contributed by atoms with Crippen molar-refractivity contribution in [3.63, 3.8) is 0 Å². The van der Waals surface area contributed by atoms with Crippen LogP contribution in [0.3, 0.4) is 0 Å². The summed E-state index contributed by atoms with van der Waals surface area (Å²) in [5, 5.41) is 48.3. The Labute approximate surface area is 152 Å². The van der Waals surface area contributed by atoms with E-state index in [0.29, 0.717) is 0 Å². The minimum absolute atomic E-state index is 0. The van der Waals surface area contributed by atoms with Gasteiger partial charge < -0.3 is 34.6 Å². The maximum Gasteiger partial charge on any atom is 1.00 e. The third-order valence-electron chi connectivity index (χ3n) is 3.18. The average Bonchev–Trinajstić information content (AvgIpc) is 2.65. The van der Waals surface area contributed by atoms with Gasteiger partial charge in [0.05, 0.1) is 6.01 Å². The van der Waals surface area contributed by atoms with E-state index in [-0.39, 0.29) is 35.0 Å². The Hall–Kier alpha value is -0.170. The van der Waals surface area contributed by atoms with Crippen molar-refractivity contribution in [3.8, 4) is 6.01 Å². The molecule has 5 atom stereocenters. The van der Waals surface area contributed by atoms with E-state index in [1.54, 1.807) is 0 Å². The quantitative estimate of drug-likeness (QED) is 0.223. The molecular formula is C10H15N3NaO8P. The zero-order valence-corrected chi connectivity index (χ0v) is 14.9. The van der Waals surface area contributed by atoms with E-state index in [4.69, 9.17) is 19.9 Å². The summed E-state index contributed by atoms with van der Waals surface area (Å²) < 4.78 is 5.98. The van der Waals surface area contributed by atoms with Crippen LogP contribution in [0.1, 0.15) is 6.23 Å². The Morgan fingerprint density at radius 3 is 2.52 bits per heavy atom. The van der Waals surface area contributed by atoms with Crippen molar-refractivity contribution in [3.05, 3.63) is 17.8 Å². The summed E-state index contributed by atoms with van der Waals surface area (Å²) in [6, 6.07) is 0.248. The number of nitrogens with zero attached hydrogens (tertiary/aromatic N) is 2. The van der Waals surface area contributed by atoms with Gasteiger partial charge in [-0.25, -0.2) is 14.8 Å². The van der Waals surface area contributed by atoms with E-state index in [0.717, 1.165) is 16.8 Å². The number of hydrogen-bond donors (Lipinski definition) is 6. The molecule has 0 unspecified atom stereocenters. The van der Waals surface area contributed by atoms with E-state index >= 15 is 0 Å². The summed E-state index contributed by atoms with van der Waals surface area (Å²) in [6.07, 6.45) is -7.75. The van der Waals surface area contributed by atoms with Crippen LogP contribution in [0.25, 0.3) is 0 Å². The Bertz CT molecular complexity index is 596. The van der Waals surface area contributed by atoms with Crippen LogP contribution < -0.4 is 45.0 Å². The molecule has 23 heavy (non-hydrogen) atoms. The number of ether oxygens (including phenoxy) is 1. The van der Waals surface area contributed by atoms with Gasteiger partial charge >= 0.3 is 29.6 Å². The van der Waals surface area contributed by atoms with Gasteiger partial charge in [-0.1, -0.05) is 0 Å². The van der Waals surface area contributed by atoms with Gasteiger partial charge in [0.1, 0.15) is 36.1 Å². The first-order valence-corrected chi connectivity index (χ1v) is 7.95. The molecule has 1 fully saturated rings. The van der Waals surface area contributed by atoms with E-state index in [1.807, 2.05) is 0 Å². The number of nitrogens with one attached hydrogen (secondary N) is 1. The monoisotopic (exact) mass is 359 g/mol. The van der Waals surface area contributed by atoms with Crippen LogP contribution in [0.2, 0.25) is 0 Å². The van der Waals surface area contributed by atoms with Gasteiger partial charge in [0.2, 0.25) is 7.94 Å². The van der Waals surface area contributed by atoms with Crippen LogP contribution in [0.4, 0.5) is 0 Å². The van der Waals surface area contributed by atoms with Crippen LogP contribution in [-0.2, 0) is 4.74 Å². The molecule has 2 heterocycles. The molecule has 1 aliphatic rings. The fraction of sp³-hybridized carbons (Fsp3) is 0.600. The summed E-state index contributed by atoms with van der Waals surface area (Å²) in [7, 11) is -4.56. The minimum Gasteiger partial charge on any atom is -0.846 e. The zero-order valence-electron chi connectivity index (χ0n) is 12.1. The fourth-order valence-corrected chi connectivity index (χ4v) is 2.88. The third kappa shape index (κ3) is 4.91. The van der Waals surface area contributed by atoms with Crippen molar-refractivity contribution in [2.24, 2.45) is 0 Å². The molecule has 1 saturated heterocycles. The molecule has 0 amide bonds. The zero-order chi connectivity index (χ0) is 16.7. The van der Waals surface area contributed by atoms with Crippen LogP contribution in [0.5, 0.6) is 6.01 Å². The molecule has 1 aliphatic heterocycles. The van der Waals surface area contributed by atoms with E-state index < -0.39 is 50.8 Å². The molecule has 13 heteroatoms. The van der Waals surface area contributed by atoms with Gasteiger partial charge in [0.25, 0.3) is 0 Å². The second-order valence-electron chi connectivity index (χ2n) is 4.89. The number of hydrogen-bond acceptors (Lipinski definition) is 10. The molecule has 2 rings (SSSR count). The Morgan fingerprint density at radius 2 is 2.00 bits per heavy atom. The Kier molecular flexibility index (Phi) is 7.09. The maximum absolute atomic E-state index is 11.7. The minimum atomic E-state index is -4.56. The molecule has 0 spiro atoms. The SMILES string of the molecule is N=c1ccn([C@@H]2O[C@H]([C@@H](O)C[P+]([O-])(O)O)[C@@H](O)[C@H]2O)c([O-])n1.[Na+]. The predicted molar refractivity (Wildman–Crippen MR) is 65.7 cm³/mol. The molecule has 0 bridgehead atoms. The van der Waals surface area contributed by atoms with E-state index in [2.05, 4.69) is 4.98 Å². The number of aromatic nitrogens is 2. The molecule has 0 aliphatic carbocycles. The standard InChI is InChI=1S/C10H16N3O8P.Na/c11-5-1-2-13(10(17)12-5)9-7(16)6(15)8(21-9)4(14)3-22(18,19)20;/h1-2,4,6-9,14-16H,3H2,(H2,11,12,17)(H2,18,19,20);/q;+1/p-1/t4-,6-,7+,8+,9+;/m0./s1. The summed E-state index contributed by atoms with van der Waals surface area (Å²) in [5.74, 6) is 0. The van der Waals surface area contributed by atoms with Crippen molar-refractivity contribution in [1.29, 1.82) is 5.41 Å². The maximum atomic E-state index is 11.7. The molecule has 1 aromatic heterocycles. The largest absolute Gasteiger partial charge is 1.00 e. The summed E-state index contributed by atoms with van der Waals surface area (Å²) >= 11 is 0. The topological polar surface area (TPSA) is 198 Å². The summed E-state index contributed by atoms with van der Waals surface area (Å²) in [5.41, 5.74) is -0.299. The number of aliphatic hydroxyl groups excluding tert-OH is 3. The van der Waals surface area contributed by atoms with Gasteiger partial charge in [-0.2, -0.15) is 0 Å². The molecule has 0 aromatic carbocycles. The average molecular weight is 359 g/mol. The summed E-state index contributed by atoms with van der Waals surface area (Å²) in [6.45, 7) is 0. The van der Waals surface area contributed by atoms with Crippen LogP contribution >= 0.6 is 7.94 Å². The first kappa shape index (κ1) is 20.9.